The lowest BCUT2D eigenvalue weighted by molar-refractivity contribution is -0.141. The van der Waals surface area contributed by atoms with Gasteiger partial charge in [-0.1, -0.05) is 6.08 Å². The van der Waals surface area contributed by atoms with E-state index in [1.807, 2.05) is 22.6 Å². The van der Waals surface area contributed by atoms with Crippen molar-refractivity contribution in [3.63, 3.8) is 0 Å². The van der Waals surface area contributed by atoms with Gasteiger partial charge in [0, 0.05) is 21.6 Å². The third-order valence-corrected chi connectivity index (χ3v) is 3.50. The number of fused-ring (bicyclic) bond motifs is 1. The largest absolute Gasteiger partial charge is 0.483 e. The molecule has 0 saturated carbocycles. The maximum atomic E-state index is 12.9. The van der Waals surface area contributed by atoms with E-state index in [1.165, 1.54) is 12.1 Å². The third-order valence-electron chi connectivity index (χ3n) is 2.83. The van der Waals surface area contributed by atoms with Crippen LogP contribution in [0.1, 0.15) is 5.69 Å². The van der Waals surface area contributed by atoms with Crippen LogP contribution in [-0.2, 0) is 11.0 Å². The Labute approximate surface area is 143 Å². The average Bonchev–Trinajstić information content (AvgIpc) is 2.49. The van der Waals surface area contributed by atoms with Crippen molar-refractivity contribution in [2.75, 3.05) is 13.2 Å². The van der Waals surface area contributed by atoms with E-state index >= 15 is 0 Å². The molecule has 0 aliphatic rings. The summed E-state index contributed by atoms with van der Waals surface area (Å²) in [6.45, 7) is 3.31. The van der Waals surface area contributed by atoms with E-state index < -0.39 is 24.4 Å². The van der Waals surface area contributed by atoms with E-state index in [0.717, 1.165) is 9.64 Å². The van der Waals surface area contributed by atoms with Crippen molar-refractivity contribution in [3.8, 4) is 5.75 Å². The molecule has 1 heterocycles. The van der Waals surface area contributed by atoms with Gasteiger partial charge in [-0.3, -0.25) is 4.79 Å². The fourth-order valence-corrected chi connectivity index (χ4v) is 2.30. The predicted molar refractivity (Wildman–Crippen MR) is 88.2 cm³/mol. The van der Waals surface area contributed by atoms with Gasteiger partial charge in [-0.25, -0.2) is 4.98 Å². The Morgan fingerprint density at radius 2 is 2.13 bits per heavy atom. The van der Waals surface area contributed by atoms with Gasteiger partial charge in [-0.2, -0.15) is 13.2 Å². The molecule has 1 N–H and O–H groups in total. The molecular weight excluding hydrogens is 424 g/mol. The second-order valence-electron chi connectivity index (χ2n) is 4.55. The maximum absolute atomic E-state index is 12.9. The Morgan fingerprint density at radius 3 is 2.78 bits per heavy atom. The van der Waals surface area contributed by atoms with Crippen LogP contribution in [0.15, 0.2) is 36.9 Å². The van der Waals surface area contributed by atoms with Gasteiger partial charge in [-0.15, -0.1) is 6.58 Å². The molecule has 0 bridgehead atoms. The number of carbonyl (C=O) groups excluding carboxylic acids is 1. The Bertz CT molecular complexity index is 747. The quantitative estimate of drug-likeness (QED) is 0.577. The van der Waals surface area contributed by atoms with Crippen LogP contribution in [0.3, 0.4) is 0 Å². The minimum atomic E-state index is -4.60. The van der Waals surface area contributed by atoms with E-state index in [4.69, 9.17) is 4.74 Å². The number of aromatic nitrogens is 1. The van der Waals surface area contributed by atoms with Crippen molar-refractivity contribution in [2.45, 2.75) is 6.18 Å². The molecule has 1 aromatic heterocycles. The summed E-state index contributed by atoms with van der Waals surface area (Å²) in [5, 5.41) is 2.90. The molecular formula is C15H12F3IN2O2. The molecule has 1 amide bonds. The number of ether oxygens (including phenoxy) is 1. The first-order chi connectivity index (χ1) is 10.8. The topological polar surface area (TPSA) is 51.2 Å². The van der Waals surface area contributed by atoms with Gasteiger partial charge in [0.25, 0.3) is 5.91 Å². The Morgan fingerprint density at radius 1 is 1.39 bits per heavy atom. The van der Waals surface area contributed by atoms with Crippen molar-refractivity contribution in [1.82, 2.24) is 10.3 Å². The lowest BCUT2D eigenvalue weighted by atomic mass is 10.2. The molecule has 122 valence electrons. The standard InChI is InChI=1S/C15H12F3IN2O2/c1-2-5-20-14(22)8-23-12-7-13(15(16,17)18)21-11-4-3-9(19)6-10(11)12/h2-4,6-7H,1,5,8H2,(H,20,22). The number of amides is 1. The predicted octanol–water partition coefficient (Wildman–Crippen LogP) is 3.54. The normalized spacial score (nSPS) is 11.3. The van der Waals surface area contributed by atoms with E-state index in [2.05, 4.69) is 16.9 Å². The van der Waals surface area contributed by atoms with Crippen LogP contribution >= 0.6 is 22.6 Å². The Kier molecular flexibility index (Phi) is 5.45. The van der Waals surface area contributed by atoms with Gasteiger partial charge < -0.3 is 10.1 Å². The minimum Gasteiger partial charge on any atom is -0.483 e. The first-order valence-corrected chi connectivity index (χ1v) is 7.57. The maximum Gasteiger partial charge on any atom is 0.433 e. The van der Waals surface area contributed by atoms with Gasteiger partial charge in [-0.05, 0) is 40.8 Å². The molecule has 0 aliphatic heterocycles. The van der Waals surface area contributed by atoms with Crippen LogP contribution in [0.4, 0.5) is 13.2 Å². The Hall–Kier alpha value is -1.84. The minimum absolute atomic E-state index is 0.0328. The summed E-state index contributed by atoms with van der Waals surface area (Å²) in [4.78, 5) is 15.1. The number of alkyl halides is 3. The highest BCUT2D eigenvalue weighted by Gasteiger charge is 2.33. The molecule has 0 saturated heterocycles. The van der Waals surface area contributed by atoms with Gasteiger partial charge in [0.05, 0.1) is 5.52 Å². The third kappa shape index (κ3) is 4.57. The summed E-state index contributed by atoms with van der Waals surface area (Å²) in [6, 6.07) is 5.59. The molecule has 2 rings (SSSR count). The molecule has 2 aromatic rings. The molecule has 0 spiro atoms. The van der Waals surface area contributed by atoms with E-state index in [-0.39, 0.29) is 17.8 Å². The highest BCUT2D eigenvalue weighted by molar-refractivity contribution is 14.1. The number of rotatable bonds is 5. The van der Waals surface area contributed by atoms with Gasteiger partial charge in [0.2, 0.25) is 0 Å². The van der Waals surface area contributed by atoms with Crippen molar-refractivity contribution in [1.29, 1.82) is 0 Å². The number of halogens is 4. The summed E-state index contributed by atoms with van der Waals surface area (Å²) in [7, 11) is 0. The van der Waals surface area contributed by atoms with E-state index in [0.29, 0.717) is 5.39 Å². The summed E-state index contributed by atoms with van der Waals surface area (Å²) in [6.07, 6.45) is -3.11. The van der Waals surface area contributed by atoms with Crippen LogP contribution in [0.25, 0.3) is 10.9 Å². The average molecular weight is 436 g/mol. The van der Waals surface area contributed by atoms with E-state index in [9.17, 15) is 18.0 Å². The van der Waals surface area contributed by atoms with Crippen LogP contribution in [0, 0.1) is 3.57 Å². The smallest absolute Gasteiger partial charge is 0.433 e. The number of nitrogens with one attached hydrogen (secondary N) is 1. The zero-order valence-corrected chi connectivity index (χ0v) is 13.9. The lowest BCUT2D eigenvalue weighted by Crippen LogP contribution is -2.28. The molecule has 0 atom stereocenters. The van der Waals surface area contributed by atoms with Crippen molar-refractivity contribution in [2.24, 2.45) is 0 Å². The second kappa shape index (κ2) is 7.16. The highest BCUT2D eigenvalue weighted by atomic mass is 127. The van der Waals surface area contributed by atoms with Crippen LogP contribution in [0.2, 0.25) is 0 Å². The van der Waals surface area contributed by atoms with Crippen LogP contribution in [0.5, 0.6) is 5.75 Å². The number of carbonyl (C=O) groups is 1. The van der Waals surface area contributed by atoms with Crippen LogP contribution in [-0.4, -0.2) is 24.0 Å². The van der Waals surface area contributed by atoms with E-state index in [1.54, 1.807) is 12.1 Å². The lowest BCUT2D eigenvalue weighted by Gasteiger charge is -2.13. The first kappa shape index (κ1) is 17.5. The molecule has 0 radical (unpaired) electrons. The molecule has 0 fully saturated rings. The second-order valence-corrected chi connectivity index (χ2v) is 5.79. The molecule has 0 unspecified atom stereocenters. The zero-order valence-electron chi connectivity index (χ0n) is 11.8. The summed E-state index contributed by atoms with van der Waals surface area (Å²) >= 11 is 2.03. The number of hydrogen-bond donors (Lipinski definition) is 1. The van der Waals surface area contributed by atoms with Crippen molar-refractivity contribution < 1.29 is 22.7 Å². The number of benzene rings is 1. The summed E-state index contributed by atoms with van der Waals surface area (Å²) < 4.78 is 44.9. The number of hydrogen-bond acceptors (Lipinski definition) is 3. The summed E-state index contributed by atoms with van der Waals surface area (Å²) in [5.41, 5.74) is -0.908. The SMILES string of the molecule is C=CCNC(=O)COc1cc(C(F)(F)F)nc2ccc(I)cc12. The summed E-state index contributed by atoms with van der Waals surface area (Å²) in [5.74, 6) is -0.483. The van der Waals surface area contributed by atoms with Gasteiger partial charge in [0.15, 0.2) is 6.61 Å². The van der Waals surface area contributed by atoms with Crippen molar-refractivity contribution >= 4 is 39.4 Å². The molecule has 4 nitrogen and oxygen atoms in total. The molecule has 23 heavy (non-hydrogen) atoms. The Balaban J connectivity index is 2.37. The van der Waals surface area contributed by atoms with Crippen LogP contribution < -0.4 is 10.1 Å². The zero-order chi connectivity index (χ0) is 17.0. The highest BCUT2D eigenvalue weighted by Crippen LogP contribution is 2.34. The monoisotopic (exact) mass is 436 g/mol. The first-order valence-electron chi connectivity index (χ1n) is 6.49. The van der Waals surface area contributed by atoms with Gasteiger partial charge in [0.1, 0.15) is 11.4 Å². The fraction of sp³-hybridized carbons (Fsp3) is 0.200. The number of pyridine rings is 1. The van der Waals surface area contributed by atoms with Gasteiger partial charge >= 0.3 is 6.18 Å². The number of nitrogens with zero attached hydrogens (tertiary/aromatic N) is 1. The molecule has 1 aromatic carbocycles. The fourth-order valence-electron chi connectivity index (χ4n) is 1.81. The molecule has 8 heteroatoms. The van der Waals surface area contributed by atoms with Crippen molar-refractivity contribution in [3.05, 3.63) is 46.2 Å². The molecule has 0 aliphatic carbocycles.